The third-order valence-corrected chi connectivity index (χ3v) is 2.82. The van der Waals surface area contributed by atoms with Gasteiger partial charge in [-0.05, 0) is 38.8 Å². The lowest BCUT2D eigenvalue weighted by Crippen LogP contribution is -2.41. The van der Waals surface area contributed by atoms with Gasteiger partial charge < -0.3 is 15.4 Å². The summed E-state index contributed by atoms with van der Waals surface area (Å²) in [5, 5.41) is 5.69. The van der Waals surface area contributed by atoms with Gasteiger partial charge in [0.2, 0.25) is 0 Å². The minimum Gasteiger partial charge on any atom is -0.489 e. The van der Waals surface area contributed by atoms with Gasteiger partial charge in [-0.2, -0.15) is 0 Å². The molecule has 0 spiro atoms. The molecule has 0 bridgehead atoms. The average molecular weight is 248 g/mol. The largest absolute Gasteiger partial charge is 0.489 e. The van der Waals surface area contributed by atoms with E-state index in [1.807, 2.05) is 38.1 Å². The van der Waals surface area contributed by atoms with Crippen LogP contribution in [0.15, 0.2) is 24.3 Å². The molecule has 2 rings (SSSR count). The monoisotopic (exact) mass is 248 g/mol. The predicted octanol–water partition coefficient (Wildman–Crippen LogP) is 2.22. The van der Waals surface area contributed by atoms with Crippen LogP contribution in [0.1, 0.15) is 25.3 Å². The van der Waals surface area contributed by atoms with Crippen molar-refractivity contribution in [1.82, 2.24) is 10.6 Å². The quantitative estimate of drug-likeness (QED) is 0.839. The van der Waals surface area contributed by atoms with E-state index in [-0.39, 0.29) is 12.1 Å². The van der Waals surface area contributed by atoms with Crippen LogP contribution in [0.25, 0.3) is 0 Å². The molecule has 0 saturated heterocycles. The van der Waals surface area contributed by atoms with Crippen molar-refractivity contribution in [3.63, 3.8) is 0 Å². The summed E-state index contributed by atoms with van der Waals surface area (Å²) >= 11 is 0. The first-order valence-electron chi connectivity index (χ1n) is 6.41. The topological polar surface area (TPSA) is 50.4 Å². The van der Waals surface area contributed by atoms with E-state index in [0.29, 0.717) is 12.6 Å². The summed E-state index contributed by atoms with van der Waals surface area (Å²) in [5.74, 6) is 0.831. The molecule has 4 heteroatoms. The highest BCUT2D eigenvalue weighted by molar-refractivity contribution is 5.74. The van der Waals surface area contributed by atoms with E-state index in [1.165, 1.54) is 5.56 Å². The lowest BCUT2D eigenvalue weighted by Gasteiger charge is -2.15. The minimum absolute atomic E-state index is 0.0438. The molecule has 2 amide bonds. The highest BCUT2D eigenvalue weighted by Crippen LogP contribution is 2.18. The van der Waals surface area contributed by atoms with Crippen LogP contribution in [0.5, 0.6) is 5.75 Å². The van der Waals surface area contributed by atoms with E-state index >= 15 is 0 Å². The summed E-state index contributed by atoms with van der Waals surface area (Å²) in [4.78, 5) is 11.4. The molecule has 1 aliphatic rings. The molecule has 1 saturated carbocycles. The molecule has 18 heavy (non-hydrogen) atoms. The Kier molecular flexibility index (Phi) is 4.07. The summed E-state index contributed by atoms with van der Waals surface area (Å²) in [5.41, 5.74) is 1.21. The number of carbonyl (C=O) groups excluding carboxylic acids is 1. The third-order valence-electron chi connectivity index (χ3n) is 2.82. The molecular formula is C14H20N2O2. The van der Waals surface area contributed by atoms with Gasteiger partial charge in [0.15, 0.2) is 0 Å². The van der Waals surface area contributed by atoms with Crippen molar-refractivity contribution in [1.29, 1.82) is 0 Å². The summed E-state index contributed by atoms with van der Waals surface area (Å²) in [6.07, 6.45) is 2.16. The third kappa shape index (κ3) is 4.28. The number of ether oxygens (including phenoxy) is 1. The van der Waals surface area contributed by atoms with E-state index < -0.39 is 0 Å². The van der Waals surface area contributed by atoms with Gasteiger partial charge in [-0.15, -0.1) is 0 Å². The number of benzene rings is 1. The summed E-state index contributed by atoms with van der Waals surface area (Å²) < 4.78 is 5.70. The summed E-state index contributed by atoms with van der Waals surface area (Å²) in [6.45, 7) is 4.49. The standard InChI is InChI=1S/C14H20N2O2/c1-10-3-7-13(8-4-10)18-11(2)9-15-14(17)16-12-5-6-12/h3-4,7-8,11-12H,5-6,9H2,1-2H3,(H2,15,16,17)/t11-/m0/s1. The predicted molar refractivity (Wildman–Crippen MR) is 70.8 cm³/mol. The zero-order valence-electron chi connectivity index (χ0n) is 10.9. The second kappa shape index (κ2) is 5.76. The number of rotatable bonds is 5. The number of urea groups is 1. The van der Waals surface area contributed by atoms with Gasteiger partial charge in [-0.3, -0.25) is 0 Å². The first-order valence-corrected chi connectivity index (χ1v) is 6.41. The van der Waals surface area contributed by atoms with Crippen molar-refractivity contribution in [2.24, 2.45) is 0 Å². The van der Waals surface area contributed by atoms with E-state index in [2.05, 4.69) is 10.6 Å². The fourth-order valence-corrected chi connectivity index (χ4v) is 1.59. The zero-order chi connectivity index (χ0) is 13.0. The van der Waals surface area contributed by atoms with Crippen molar-refractivity contribution in [2.75, 3.05) is 6.54 Å². The molecule has 2 N–H and O–H groups in total. The number of carbonyl (C=O) groups is 1. The van der Waals surface area contributed by atoms with E-state index in [1.54, 1.807) is 0 Å². The van der Waals surface area contributed by atoms with Crippen molar-refractivity contribution >= 4 is 6.03 Å². The zero-order valence-corrected chi connectivity index (χ0v) is 10.9. The molecular weight excluding hydrogens is 228 g/mol. The smallest absolute Gasteiger partial charge is 0.315 e. The minimum atomic E-state index is -0.100. The maximum absolute atomic E-state index is 11.4. The Morgan fingerprint density at radius 1 is 1.39 bits per heavy atom. The van der Waals surface area contributed by atoms with Crippen molar-refractivity contribution in [3.05, 3.63) is 29.8 Å². The maximum Gasteiger partial charge on any atom is 0.315 e. The van der Waals surface area contributed by atoms with Crippen LogP contribution in [-0.2, 0) is 0 Å². The van der Waals surface area contributed by atoms with Gasteiger partial charge >= 0.3 is 6.03 Å². The molecule has 0 aromatic heterocycles. The highest BCUT2D eigenvalue weighted by Gasteiger charge is 2.23. The van der Waals surface area contributed by atoms with E-state index in [0.717, 1.165) is 18.6 Å². The molecule has 0 unspecified atom stereocenters. The molecule has 4 nitrogen and oxygen atoms in total. The fraction of sp³-hybridized carbons (Fsp3) is 0.500. The molecule has 1 aromatic carbocycles. The molecule has 1 aliphatic carbocycles. The molecule has 98 valence electrons. The molecule has 0 aliphatic heterocycles. The lowest BCUT2D eigenvalue weighted by atomic mass is 10.2. The van der Waals surface area contributed by atoms with Crippen molar-refractivity contribution in [3.8, 4) is 5.75 Å². The summed E-state index contributed by atoms with van der Waals surface area (Å²) in [7, 11) is 0. The second-order valence-electron chi connectivity index (χ2n) is 4.87. The number of aryl methyl sites for hydroxylation is 1. The number of nitrogens with one attached hydrogen (secondary N) is 2. The Morgan fingerprint density at radius 3 is 2.67 bits per heavy atom. The average Bonchev–Trinajstić information content (AvgIpc) is 3.13. The van der Waals surface area contributed by atoms with Crippen LogP contribution >= 0.6 is 0 Å². The normalized spacial score (nSPS) is 15.9. The van der Waals surface area contributed by atoms with Crippen LogP contribution in [-0.4, -0.2) is 24.7 Å². The maximum atomic E-state index is 11.4. The molecule has 1 atom stereocenters. The van der Waals surface area contributed by atoms with Crippen LogP contribution in [0, 0.1) is 6.92 Å². The van der Waals surface area contributed by atoms with Gasteiger partial charge in [-0.25, -0.2) is 4.79 Å². The van der Waals surface area contributed by atoms with Gasteiger partial charge in [0.25, 0.3) is 0 Å². The number of amides is 2. The van der Waals surface area contributed by atoms with E-state index in [9.17, 15) is 4.79 Å². The number of hydrogen-bond acceptors (Lipinski definition) is 2. The Bertz CT molecular complexity index is 399. The molecule has 0 radical (unpaired) electrons. The molecule has 1 fully saturated rings. The molecule has 0 heterocycles. The van der Waals surface area contributed by atoms with Crippen molar-refractivity contribution in [2.45, 2.75) is 38.8 Å². The first-order chi connectivity index (χ1) is 8.63. The lowest BCUT2D eigenvalue weighted by molar-refractivity contribution is 0.207. The van der Waals surface area contributed by atoms with E-state index in [4.69, 9.17) is 4.74 Å². The van der Waals surface area contributed by atoms with Gasteiger partial charge in [0.05, 0.1) is 6.54 Å². The molecule has 1 aromatic rings. The summed E-state index contributed by atoms with van der Waals surface area (Å²) in [6, 6.07) is 8.19. The van der Waals surface area contributed by atoms with Crippen LogP contribution in [0.4, 0.5) is 4.79 Å². The van der Waals surface area contributed by atoms with Crippen LogP contribution in [0.3, 0.4) is 0 Å². The Balaban J connectivity index is 1.69. The number of hydrogen-bond donors (Lipinski definition) is 2. The fourth-order valence-electron chi connectivity index (χ4n) is 1.59. The first kappa shape index (κ1) is 12.7. The van der Waals surface area contributed by atoms with Crippen molar-refractivity contribution < 1.29 is 9.53 Å². The Hall–Kier alpha value is -1.71. The van der Waals surface area contributed by atoms with Crippen LogP contribution in [0.2, 0.25) is 0 Å². The van der Waals surface area contributed by atoms with Gasteiger partial charge in [0, 0.05) is 6.04 Å². The van der Waals surface area contributed by atoms with Gasteiger partial charge in [-0.1, -0.05) is 17.7 Å². The van der Waals surface area contributed by atoms with Crippen LogP contribution < -0.4 is 15.4 Å². The van der Waals surface area contributed by atoms with Gasteiger partial charge in [0.1, 0.15) is 11.9 Å². The Labute approximate surface area is 108 Å². The Morgan fingerprint density at radius 2 is 2.06 bits per heavy atom. The SMILES string of the molecule is Cc1ccc(O[C@@H](C)CNC(=O)NC2CC2)cc1. The highest BCUT2D eigenvalue weighted by atomic mass is 16.5. The second-order valence-corrected chi connectivity index (χ2v) is 4.87.